The first-order valence-corrected chi connectivity index (χ1v) is 6.23. The summed E-state index contributed by atoms with van der Waals surface area (Å²) in [6.07, 6.45) is 3.14. The number of carbonyl (C=O) groups is 2. The maximum absolute atomic E-state index is 11.2. The number of ether oxygens (including phenoxy) is 2. The standard InChI is InChI=1S/C16H14O4/c1-2-19-16(18)9-10-20-15-8-7-12-5-3-4-6-13(12)14(15)11-17/h3-11H,2H2,1H3/b10-9+. The van der Waals surface area contributed by atoms with Gasteiger partial charge in [0.1, 0.15) is 5.75 Å². The first-order valence-electron chi connectivity index (χ1n) is 6.23. The third-order valence-corrected chi connectivity index (χ3v) is 2.73. The topological polar surface area (TPSA) is 52.6 Å². The number of benzene rings is 2. The third-order valence-electron chi connectivity index (χ3n) is 2.73. The Balaban J connectivity index is 2.26. The van der Waals surface area contributed by atoms with Gasteiger partial charge in [-0.25, -0.2) is 4.79 Å². The van der Waals surface area contributed by atoms with Crippen LogP contribution in [0.1, 0.15) is 17.3 Å². The molecule has 0 fully saturated rings. The van der Waals surface area contributed by atoms with Crippen molar-refractivity contribution < 1.29 is 19.1 Å². The average molecular weight is 270 g/mol. The minimum absolute atomic E-state index is 0.304. The van der Waals surface area contributed by atoms with Crippen molar-refractivity contribution >= 4 is 23.0 Å². The Kier molecular flexibility index (Phi) is 4.50. The molecule has 0 amide bonds. The van der Waals surface area contributed by atoms with Gasteiger partial charge >= 0.3 is 5.97 Å². The molecule has 0 saturated heterocycles. The van der Waals surface area contributed by atoms with Gasteiger partial charge in [0.25, 0.3) is 0 Å². The first kappa shape index (κ1) is 13.8. The van der Waals surface area contributed by atoms with Gasteiger partial charge in [-0.1, -0.05) is 30.3 Å². The van der Waals surface area contributed by atoms with Crippen LogP contribution in [0.25, 0.3) is 10.8 Å². The highest BCUT2D eigenvalue weighted by atomic mass is 16.5. The van der Waals surface area contributed by atoms with Crippen molar-refractivity contribution in [2.75, 3.05) is 6.61 Å². The van der Waals surface area contributed by atoms with E-state index in [9.17, 15) is 9.59 Å². The molecule has 0 spiro atoms. The first-order chi connectivity index (χ1) is 9.76. The summed E-state index contributed by atoms with van der Waals surface area (Å²) >= 11 is 0. The summed E-state index contributed by atoms with van der Waals surface area (Å²) in [5, 5.41) is 1.76. The van der Waals surface area contributed by atoms with E-state index >= 15 is 0 Å². The lowest BCUT2D eigenvalue weighted by atomic mass is 10.0. The van der Waals surface area contributed by atoms with Crippen molar-refractivity contribution in [2.45, 2.75) is 6.92 Å². The molecule has 2 aromatic rings. The number of carbonyl (C=O) groups excluding carboxylic acids is 2. The van der Waals surface area contributed by atoms with E-state index in [4.69, 9.17) is 9.47 Å². The van der Waals surface area contributed by atoms with Gasteiger partial charge < -0.3 is 9.47 Å². The quantitative estimate of drug-likeness (QED) is 0.362. The molecule has 0 aliphatic carbocycles. The molecule has 0 radical (unpaired) electrons. The summed E-state index contributed by atoms with van der Waals surface area (Å²) in [4.78, 5) is 22.4. The van der Waals surface area contributed by atoms with Crippen molar-refractivity contribution in [3.63, 3.8) is 0 Å². The van der Waals surface area contributed by atoms with Crippen LogP contribution in [0.15, 0.2) is 48.7 Å². The highest BCUT2D eigenvalue weighted by Gasteiger charge is 2.07. The van der Waals surface area contributed by atoms with Crippen molar-refractivity contribution in [1.82, 2.24) is 0 Å². The zero-order chi connectivity index (χ0) is 14.4. The molecule has 0 unspecified atom stereocenters. The molecular weight excluding hydrogens is 256 g/mol. The van der Waals surface area contributed by atoms with Crippen molar-refractivity contribution in [3.8, 4) is 5.75 Å². The molecule has 0 atom stereocenters. The molecule has 0 N–H and O–H groups in total. The molecule has 0 heterocycles. The molecule has 0 aromatic heterocycles. The Hall–Kier alpha value is -2.62. The van der Waals surface area contributed by atoms with Crippen LogP contribution in [-0.2, 0) is 9.53 Å². The SMILES string of the molecule is CCOC(=O)/C=C/Oc1ccc2ccccc2c1C=O. The number of esters is 1. The van der Waals surface area contributed by atoms with Crippen LogP contribution in [0.3, 0.4) is 0 Å². The zero-order valence-corrected chi connectivity index (χ0v) is 11.0. The van der Waals surface area contributed by atoms with E-state index in [0.29, 0.717) is 17.9 Å². The van der Waals surface area contributed by atoms with Crippen LogP contribution in [0.5, 0.6) is 5.75 Å². The smallest absolute Gasteiger partial charge is 0.333 e. The lowest BCUT2D eigenvalue weighted by Gasteiger charge is -2.07. The van der Waals surface area contributed by atoms with Crippen molar-refractivity contribution in [2.24, 2.45) is 0 Å². The van der Waals surface area contributed by atoms with E-state index in [0.717, 1.165) is 17.1 Å². The van der Waals surface area contributed by atoms with Gasteiger partial charge in [0.2, 0.25) is 0 Å². The number of fused-ring (bicyclic) bond motifs is 1. The van der Waals surface area contributed by atoms with Crippen LogP contribution in [0, 0.1) is 0 Å². The highest BCUT2D eigenvalue weighted by molar-refractivity contribution is 6.00. The van der Waals surface area contributed by atoms with Crippen LogP contribution in [0.4, 0.5) is 0 Å². The lowest BCUT2D eigenvalue weighted by Crippen LogP contribution is -2.00. The van der Waals surface area contributed by atoms with E-state index in [2.05, 4.69) is 0 Å². The number of hydrogen-bond donors (Lipinski definition) is 0. The van der Waals surface area contributed by atoms with Crippen molar-refractivity contribution in [1.29, 1.82) is 0 Å². The van der Waals surface area contributed by atoms with Gasteiger partial charge in [-0.2, -0.15) is 0 Å². The Morgan fingerprint density at radius 1 is 1.20 bits per heavy atom. The molecule has 0 aliphatic heterocycles. The van der Waals surface area contributed by atoms with E-state index in [1.807, 2.05) is 30.3 Å². The summed E-state index contributed by atoms with van der Waals surface area (Å²) in [5.74, 6) is -0.0832. The summed E-state index contributed by atoms with van der Waals surface area (Å²) in [6.45, 7) is 2.03. The van der Waals surface area contributed by atoms with E-state index < -0.39 is 5.97 Å². The molecule has 0 saturated carbocycles. The second kappa shape index (κ2) is 6.52. The van der Waals surface area contributed by atoms with Crippen molar-refractivity contribution in [3.05, 3.63) is 54.3 Å². The fraction of sp³-hybridized carbons (Fsp3) is 0.125. The van der Waals surface area contributed by atoms with E-state index in [1.165, 1.54) is 12.3 Å². The van der Waals surface area contributed by atoms with Gasteiger partial charge in [-0.05, 0) is 23.8 Å². The Labute approximate surface area is 116 Å². The molecular formula is C16H14O4. The van der Waals surface area contributed by atoms with Gasteiger partial charge in [0, 0.05) is 0 Å². The predicted octanol–water partition coefficient (Wildman–Crippen LogP) is 3.11. The summed E-state index contributed by atoms with van der Waals surface area (Å²) in [7, 11) is 0. The second-order valence-corrected chi connectivity index (χ2v) is 3.99. The molecule has 20 heavy (non-hydrogen) atoms. The number of rotatable bonds is 5. The van der Waals surface area contributed by atoms with Gasteiger partial charge in [0.15, 0.2) is 6.29 Å². The summed E-state index contributed by atoms with van der Waals surface area (Å²) in [6, 6.07) is 11.1. The molecule has 0 aliphatic rings. The molecule has 4 heteroatoms. The number of hydrogen-bond acceptors (Lipinski definition) is 4. The van der Waals surface area contributed by atoms with Crippen LogP contribution < -0.4 is 4.74 Å². The van der Waals surface area contributed by atoms with Gasteiger partial charge in [-0.15, -0.1) is 0 Å². The summed E-state index contributed by atoms with van der Waals surface area (Å²) in [5.41, 5.74) is 0.455. The van der Waals surface area contributed by atoms with E-state index in [1.54, 1.807) is 13.0 Å². The fourth-order valence-corrected chi connectivity index (χ4v) is 1.85. The molecule has 4 nitrogen and oxygen atoms in total. The number of aldehydes is 1. The summed E-state index contributed by atoms with van der Waals surface area (Å²) < 4.78 is 10.1. The minimum Gasteiger partial charge on any atom is -0.464 e. The molecule has 2 aromatic carbocycles. The Bertz CT molecular complexity index is 659. The lowest BCUT2D eigenvalue weighted by molar-refractivity contribution is -0.137. The van der Waals surface area contributed by atoms with Crippen LogP contribution in [0.2, 0.25) is 0 Å². The molecule has 0 bridgehead atoms. The predicted molar refractivity (Wildman–Crippen MR) is 75.7 cm³/mol. The molecule has 102 valence electrons. The van der Waals surface area contributed by atoms with E-state index in [-0.39, 0.29) is 0 Å². The normalized spacial score (nSPS) is 10.7. The van der Waals surface area contributed by atoms with Crippen LogP contribution in [-0.4, -0.2) is 18.9 Å². The Morgan fingerprint density at radius 3 is 2.75 bits per heavy atom. The third kappa shape index (κ3) is 3.03. The Morgan fingerprint density at radius 2 is 2.00 bits per heavy atom. The molecule has 2 rings (SSSR count). The average Bonchev–Trinajstić information content (AvgIpc) is 2.47. The highest BCUT2D eigenvalue weighted by Crippen LogP contribution is 2.26. The maximum atomic E-state index is 11.2. The second-order valence-electron chi connectivity index (χ2n) is 3.99. The largest absolute Gasteiger partial charge is 0.464 e. The maximum Gasteiger partial charge on any atom is 0.333 e. The monoisotopic (exact) mass is 270 g/mol. The van der Waals surface area contributed by atoms with Gasteiger partial charge in [0.05, 0.1) is 24.5 Å². The zero-order valence-electron chi connectivity index (χ0n) is 11.0. The van der Waals surface area contributed by atoms with Gasteiger partial charge in [-0.3, -0.25) is 4.79 Å². The van der Waals surface area contributed by atoms with Crippen LogP contribution >= 0.6 is 0 Å². The fourth-order valence-electron chi connectivity index (χ4n) is 1.85. The minimum atomic E-state index is -0.485.